The van der Waals surface area contributed by atoms with E-state index in [0.29, 0.717) is 5.57 Å². The van der Waals surface area contributed by atoms with E-state index in [4.69, 9.17) is 9.84 Å². The van der Waals surface area contributed by atoms with Crippen LogP contribution in [0.1, 0.15) is 20.3 Å². The monoisotopic (exact) mass is 156 g/mol. The summed E-state index contributed by atoms with van der Waals surface area (Å²) in [6, 6.07) is 0. The topological polar surface area (TPSA) is 49.8 Å². The number of epoxide rings is 1. The highest BCUT2D eigenvalue weighted by atomic mass is 16.6. The van der Waals surface area contributed by atoms with Crippen molar-refractivity contribution in [3.05, 3.63) is 11.1 Å². The second-order valence-electron chi connectivity index (χ2n) is 2.87. The van der Waals surface area contributed by atoms with Crippen molar-refractivity contribution in [2.45, 2.75) is 26.4 Å². The maximum absolute atomic E-state index is 10.4. The zero-order chi connectivity index (χ0) is 8.43. The van der Waals surface area contributed by atoms with Gasteiger partial charge in [0.05, 0.1) is 12.7 Å². The number of hydrogen-bond acceptors (Lipinski definition) is 2. The van der Waals surface area contributed by atoms with Gasteiger partial charge in [-0.25, -0.2) is 4.79 Å². The van der Waals surface area contributed by atoms with E-state index in [2.05, 4.69) is 0 Å². The number of carboxylic acids is 1. The second kappa shape index (κ2) is 3.05. The lowest BCUT2D eigenvalue weighted by atomic mass is 10.1. The van der Waals surface area contributed by atoms with Gasteiger partial charge >= 0.3 is 5.97 Å². The van der Waals surface area contributed by atoms with E-state index in [9.17, 15) is 4.79 Å². The minimum atomic E-state index is -0.830. The van der Waals surface area contributed by atoms with Crippen LogP contribution in [-0.4, -0.2) is 23.8 Å². The van der Waals surface area contributed by atoms with Crippen LogP contribution in [0.4, 0.5) is 0 Å². The van der Waals surface area contributed by atoms with Crippen molar-refractivity contribution in [1.29, 1.82) is 0 Å². The average Bonchev–Trinajstić information content (AvgIpc) is 2.69. The quantitative estimate of drug-likeness (QED) is 0.493. The van der Waals surface area contributed by atoms with Crippen LogP contribution in [0.15, 0.2) is 11.1 Å². The molecule has 0 bridgehead atoms. The van der Waals surface area contributed by atoms with Crippen molar-refractivity contribution in [3.63, 3.8) is 0 Å². The van der Waals surface area contributed by atoms with Gasteiger partial charge in [-0.1, -0.05) is 5.57 Å². The Labute approximate surface area is 65.7 Å². The van der Waals surface area contributed by atoms with Crippen LogP contribution < -0.4 is 0 Å². The molecule has 1 atom stereocenters. The molecule has 62 valence electrons. The molecule has 0 saturated carbocycles. The molecule has 3 nitrogen and oxygen atoms in total. The number of hydrogen-bond donors (Lipinski definition) is 1. The van der Waals surface area contributed by atoms with Crippen LogP contribution in [0.5, 0.6) is 0 Å². The predicted octanol–water partition coefficient (Wildman–Crippen LogP) is 1.20. The van der Waals surface area contributed by atoms with Gasteiger partial charge in [0.25, 0.3) is 0 Å². The average molecular weight is 156 g/mol. The van der Waals surface area contributed by atoms with Gasteiger partial charge in [0.1, 0.15) is 0 Å². The maximum Gasteiger partial charge on any atom is 0.331 e. The first-order chi connectivity index (χ1) is 5.11. The van der Waals surface area contributed by atoms with Crippen molar-refractivity contribution >= 4 is 5.97 Å². The molecule has 1 rings (SSSR count). The van der Waals surface area contributed by atoms with Crippen LogP contribution in [0.3, 0.4) is 0 Å². The third-order valence-corrected chi connectivity index (χ3v) is 1.90. The molecule has 11 heavy (non-hydrogen) atoms. The summed E-state index contributed by atoms with van der Waals surface area (Å²) in [6.45, 7) is 4.25. The van der Waals surface area contributed by atoms with E-state index in [1.807, 2.05) is 6.92 Å². The third-order valence-electron chi connectivity index (χ3n) is 1.90. The Bertz CT molecular complexity index is 201. The molecular formula is C8H12O3. The molecule has 0 spiro atoms. The highest BCUT2D eigenvalue weighted by Crippen LogP contribution is 2.20. The van der Waals surface area contributed by atoms with E-state index < -0.39 is 5.97 Å². The van der Waals surface area contributed by atoms with Crippen molar-refractivity contribution in [2.24, 2.45) is 0 Å². The lowest BCUT2D eigenvalue weighted by molar-refractivity contribution is -0.132. The van der Waals surface area contributed by atoms with Crippen LogP contribution in [0.25, 0.3) is 0 Å². The molecule has 1 aliphatic heterocycles. The van der Waals surface area contributed by atoms with Gasteiger partial charge < -0.3 is 9.84 Å². The zero-order valence-corrected chi connectivity index (χ0v) is 6.76. The molecule has 1 fully saturated rings. The molecule has 0 aromatic heterocycles. The Kier molecular flexibility index (Phi) is 2.29. The van der Waals surface area contributed by atoms with Crippen molar-refractivity contribution in [3.8, 4) is 0 Å². The minimum absolute atomic E-state index is 0.282. The predicted molar refractivity (Wildman–Crippen MR) is 40.4 cm³/mol. The Hall–Kier alpha value is -0.830. The van der Waals surface area contributed by atoms with Gasteiger partial charge in [0.2, 0.25) is 0 Å². The number of aliphatic carboxylic acids is 1. The molecule has 0 aromatic carbocycles. The SMILES string of the molecule is C/C(CC1CO1)=C(/C)C(=O)O. The highest BCUT2D eigenvalue weighted by molar-refractivity contribution is 5.86. The Morgan fingerprint density at radius 3 is 2.55 bits per heavy atom. The molecule has 1 N–H and O–H groups in total. The van der Waals surface area contributed by atoms with E-state index in [1.165, 1.54) is 0 Å². The Balaban J connectivity index is 2.52. The molecule has 3 heteroatoms. The molecule has 0 radical (unpaired) electrons. The summed E-state index contributed by atoms with van der Waals surface area (Å²) in [6.07, 6.45) is 1.04. The van der Waals surface area contributed by atoms with Gasteiger partial charge in [0, 0.05) is 5.57 Å². The van der Waals surface area contributed by atoms with Crippen molar-refractivity contribution in [1.82, 2.24) is 0 Å². The normalized spacial score (nSPS) is 24.4. The lowest BCUT2D eigenvalue weighted by Gasteiger charge is -1.99. The number of carbonyl (C=O) groups is 1. The van der Waals surface area contributed by atoms with Gasteiger partial charge in [-0.2, -0.15) is 0 Å². The van der Waals surface area contributed by atoms with Gasteiger partial charge in [-0.3, -0.25) is 0 Å². The smallest absolute Gasteiger partial charge is 0.331 e. The molecule has 1 heterocycles. The van der Waals surface area contributed by atoms with Crippen LogP contribution in [-0.2, 0) is 9.53 Å². The van der Waals surface area contributed by atoms with E-state index in [1.54, 1.807) is 6.92 Å². The van der Waals surface area contributed by atoms with E-state index in [0.717, 1.165) is 18.6 Å². The fourth-order valence-electron chi connectivity index (χ4n) is 0.863. The number of ether oxygens (including phenoxy) is 1. The summed E-state index contributed by atoms with van der Waals surface area (Å²) in [5.41, 5.74) is 1.36. The number of rotatable bonds is 3. The minimum Gasteiger partial charge on any atom is -0.478 e. The maximum atomic E-state index is 10.4. The summed E-state index contributed by atoms with van der Waals surface area (Å²) in [4.78, 5) is 10.4. The standard InChI is InChI=1S/C8H12O3/c1-5(3-7-4-11-7)6(2)8(9)10/h7H,3-4H2,1-2H3,(H,9,10)/b6-5+. The molecule has 1 saturated heterocycles. The fourth-order valence-corrected chi connectivity index (χ4v) is 0.863. The summed E-state index contributed by atoms with van der Waals surface area (Å²) < 4.78 is 4.98. The summed E-state index contributed by atoms with van der Waals surface area (Å²) >= 11 is 0. The fraction of sp³-hybridized carbons (Fsp3) is 0.625. The molecule has 0 aliphatic carbocycles. The highest BCUT2D eigenvalue weighted by Gasteiger charge is 2.23. The van der Waals surface area contributed by atoms with Crippen molar-refractivity contribution < 1.29 is 14.6 Å². The first-order valence-corrected chi connectivity index (χ1v) is 3.62. The molecular weight excluding hydrogens is 144 g/mol. The first-order valence-electron chi connectivity index (χ1n) is 3.62. The van der Waals surface area contributed by atoms with E-state index >= 15 is 0 Å². The summed E-state index contributed by atoms with van der Waals surface area (Å²) in [5.74, 6) is -0.830. The zero-order valence-electron chi connectivity index (χ0n) is 6.76. The largest absolute Gasteiger partial charge is 0.478 e. The van der Waals surface area contributed by atoms with E-state index in [-0.39, 0.29) is 6.10 Å². The molecule has 1 aliphatic rings. The van der Waals surface area contributed by atoms with Gasteiger partial charge in [-0.05, 0) is 20.3 Å². The number of carboxylic acid groups (broad SMARTS) is 1. The van der Waals surface area contributed by atoms with Crippen LogP contribution in [0, 0.1) is 0 Å². The van der Waals surface area contributed by atoms with Gasteiger partial charge in [-0.15, -0.1) is 0 Å². The lowest BCUT2D eigenvalue weighted by Crippen LogP contribution is -2.01. The first kappa shape index (κ1) is 8.27. The molecule has 1 unspecified atom stereocenters. The Morgan fingerprint density at radius 1 is 1.64 bits per heavy atom. The van der Waals surface area contributed by atoms with Gasteiger partial charge in [0.15, 0.2) is 0 Å². The van der Waals surface area contributed by atoms with Crippen molar-refractivity contribution in [2.75, 3.05) is 6.61 Å². The van der Waals surface area contributed by atoms with Crippen LogP contribution in [0.2, 0.25) is 0 Å². The molecule has 0 aromatic rings. The molecule has 0 amide bonds. The second-order valence-corrected chi connectivity index (χ2v) is 2.87. The summed E-state index contributed by atoms with van der Waals surface area (Å²) in [5, 5.41) is 8.59. The third kappa shape index (κ3) is 2.35. The van der Waals surface area contributed by atoms with Crippen LogP contribution >= 0.6 is 0 Å². The Morgan fingerprint density at radius 2 is 2.18 bits per heavy atom. The summed E-state index contributed by atoms with van der Waals surface area (Å²) in [7, 11) is 0.